The first-order valence-corrected chi connectivity index (χ1v) is 8.39. The number of nitrogens with one attached hydrogen (secondary N) is 1. The van der Waals surface area contributed by atoms with Crippen LogP contribution in [0.2, 0.25) is 0 Å². The lowest BCUT2D eigenvalue weighted by atomic mass is 9.89. The van der Waals surface area contributed by atoms with Crippen molar-refractivity contribution in [1.82, 2.24) is 5.32 Å². The van der Waals surface area contributed by atoms with Gasteiger partial charge in [0.15, 0.2) is 0 Å². The highest BCUT2D eigenvalue weighted by Gasteiger charge is 2.33. The van der Waals surface area contributed by atoms with Crippen molar-refractivity contribution in [2.45, 2.75) is 52.0 Å². The Kier molecular flexibility index (Phi) is 4.05. The molecule has 0 radical (unpaired) electrons. The summed E-state index contributed by atoms with van der Waals surface area (Å²) in [7, 11) is 0. The molecule has 2 atom stereocenters. The van der Waals surface area contributed by atoms with Crippen LogP contribution in [-0.4, -0.2) is 11.2 Å². The highest BCUT2D eigenvalue weighted by Crippen LogP contribution is 2.45. The Morgan fingerprint density at radius 3 is 2.65 bits per heavy atom. The Labute approximate surface area is 138 Å². The number of rotatable bonds is 4. The standard InChI is InChI=1S/C20H25NO2/c1-5-15-16(8-11(2)14-6-7-14)12(3)9-17-13(4)10-18(19(15)17)21-20(22)23/h5,8-9,13-14,18,21H,1,6-7,10H2,2-4H3,(H,22,23)/b11-8+. The lowest BCUT2D eigenvalue weighted by Gasteiger charge is -2.18. The van der Waals surface area contributed by atoms with Crippen molar-refractivity contribution in [3.63, 3.8) is 0 Å². The van der Waals surface area contributed by atoms with Gasteiger partial charge in [-0.25, -0.2) is 4.79 Å². The number of benzene rings is 1. The Balaban J connectivity index is 2.14. The smallest absolute Gasteiger partial charge is 0.405 e. The minimum atomic E-state index is -0.961. The fourth-order valence-electron chi connectivity index (χ4n) is 3.87. The highest BCUT2D eigenvalue weighted by atomic mass is 16.4. The Bertz CT molecular complexity index is 698. The van der Waals surface area contributed by atoms with Crippen LogP contribution in [0, 0.1) is 12.8 Å². The van der Waals surface area contributed by atoms with Crippen molar-refractivity contribution in [1.29, 1.82) is 0 Å². The van der Waals surface area contributed by atoms with E-state index in [-0.39, 0.29) is 6.04 Å². The molecule has 0 aliphatic heterocycles. The van der Waals surface area contributed by atoms with E-state index in [0.717, 1.165) is 23.5 Å². The zero-order chi connectivity index (χ0) is 16.7. The summed E-state index contributed by atoms with van der Waals surface area (Å²) in [6.45, 7) is 10.5. The summed E-state index contributed by atoms with van der Waals surface area (Å²) in [4.78, 5) is 11.1. The first kappa shape index (κ1) is 15.9. The van der Waals surface area contributed by atoms with E-state index < -0.39 is 6.09 Å². The molecule has 1 aromatic carbocycles. The molecule has 23 heavy (non-hydrogen) atoms. The fraction of sp³-hybridized carbons (Fsp3) is 0.450. The second kappa shape index (κ2) is 5.88. The molecule has 0 bridgehead atoms. The maximum Gasteiger partial charge on any atom is 0.405 e. The van der Waals surface area contributed by atoms with Crippen LogP contribution >= 0.6 is 0 Å². The topological polar surface area (TPSA) is 49.3 Å². The molecule has 0 heterocycles. The molecule has 0 saturated heterocycles. The zero-order valence-corrected chi connectivity index (χ0v) is 14.1. The van der Waals surface area contributed by atoms with Gasteiger partial charge in [-0.1, -0.05) is 37.3 Å². The Morgan fingerprint density at radius 1 is 1.39 bits per heavy atom. The summed E-state index contributed by atoms with van der Waals surface area (Å²) in [5.74, 6) is 1.09. The molecule has 2 unspecified atom stereocenters. The number of carboxylic acid groups (broad SMARTS) is 1. The first-order chi connectivity index (χ1) is 10.9. The van der Waals surface area contributed by atoms with Gasteiger partial charge in [-0.2, -0.15) is 0 Å². The summed E-state index contributed by atoms with van der Waals surface area (Å²) in [5.41, 5.74) is 7.36. The van der Waals surface area contributed by atoms with Crippen molar-refractivity contribution >= 4 is 18.2 Å². The minimum Gasteiger partial charge on any atom is -0.465 e. The number of allylic oxidation sites excluding steroid dienone is 1. The number of aryl methyl sites for hydroxylation is 1. The van der Waals surface area contributed by atoms with Gasteiger partial charge in [-0.15, -0.1) is 0 Å². The predicted octanol–water partition coefficient (Wildman–Crippen LogP) is 5.27. The van der Waals surface area contributed by atoms with Gasteiger partial charge in [-0.05, 0) is 72.8 Å². The van der Waals surface area contributed by atoms with Crippen LogP contribution in [0.3, 0.4) is 0 Å². The summed E-state index contributed by atoms with van der Waals surface area (Å²) in [6.07, 6.45) is 6.61. The molecule has 1 amide bonds. The van der Waals surface area contributed by atoms with Gasteiger partial charge in [0.25, 0.3) is 0 Å². The maximum atomic E-state index is 11.1. The van der Waals surface area contributed by atoms with Crippen LogP contribution in [0.5, 0.6) is 0 Å². The average Bonchev–Trinajstić information content (AvgIpc) is 3.27. The summed E-state index contributed by atoms with van der Waals surface area (Å²) in [6, 6.07) is 2.10. The van der Waals surface area contributed by atoms with Crippen LogP contribution < -0.4 is 5.32 Å². The lowest BCUT2D eigenvalue weighted by Crippen LogP contribution is -2.25. The molecule has 2 aliphatic rings. The van der Waals surface area contributed by atoms with Gasteiger partial charge in [0, 0.05) is 0 Å². The van der Waals surface area contributed by atoms with Crippen molar-refractivity contribution < 1.29 is 9.90 Å². The average molecular weight is 311 g/mol. The molecule has 3 heteroatoms. The molecule has 1 saturated carbocycles. The molecule has 122 valence electrons. The van der Waals surface area contributed by atoms with Gasteiger partial charge >= 0.3 is 6.09 Å². The van der Waals surface area contributed by atoms with Gasteiger partial charge in [0.1, 0.15) is 0 Å². The van der Waals surface area contributed by atoms with Crippen LogP contribution in [0.1, 0.15) is 72.9 Å². The molecule has 0 spiro atoms. The van der Waals surface area contributed by atoms with Gasteiger partial charge in [0.2, 0.25) is 0 Å². The van der Waals surface area contributed by atoms with Crippen molar-refractivity contribution in [2.75, 3.05) is 0 Å². The predicted molar refractivity (Wildman–Crippen MR) is 94.6 cm³/mol. The van der Waals surface area contributed by atoms with E-state index in [9.17, 15) is 4.79 Å². The molecular formula is C20H25NO2. The second-order valence-corrected chi connectivity index (χ2v) is 7.03. The Morgan fingerprint density at radius 2 is 2.09 bits per heavy atom. The molecule has 1 aromatic rings. The van der Waals surface area contributed by atoms with E-state index in [4.69, 9.17) is 5.11 Å². The number of fused-ring (bicyclic) bond motifs is 1. The van der Waals surface area contributed by atoms with Crippen LogP contribution in [0.15, 0.2) is 18.2 Å². The van der Waals surface area contributed by atoms with Crippen molar-refractivity contribution in [2.24, 2.45) is 5.92 Å². The SMILES string of the molecule is C=Cc1c(/C=C(\C)C2CC2)c(C)cc2c1C(NC(=O)O)CC2C. The van der Waals surface area contributed by atoms with Crippen LogP contribution in [0.4, 0.5) is 4.79 Å². The van der Waals surface area contributed by atoms with Crippen LogP contribution in [0.25, 0.3) is 12.2 Å². The number of carbonyl (C=O) groups is 1. The number of hydrogen-bond donors (Lipinski definition) is 2. The summed E-state index contributed by atoms with van der Waals surface area (Å²) in [5, 5.41) is 11.8. The van der Waals surface area contributed by atoms with E-state index in [1.165, 1.54) is 35.1 Å². The molecule has 0 aromatic heterocycles. The number of amides is 1. The molecule has 2 N–H and O–H groups in total. The van der Waals surface area contributed by atoms with Gasteiger partial charge in [0.05, 0.1) is 6.04 Å². The third-order valence-electron chi connectivity index (χ3n) is 5.25. The van der Waals surface area contributed by atoms with E-state index >= 15 is 0 Å². The highest BCUT2D eigenvalue weighted by molar-refractivity contribution is 5.75. The van der Waals surface area contributed by atoms with Gasteiger partial charge in [-0.3, -0.25) is 0 Å². The first-order valence-electron chi connectivity index (χ1n) is 8.39. The zero-order valence-electron chi connectivity index (χ0n) is 14.1. The Hall–Kier alpha value is -2.03. The largest absolute Gasteiger partial charge is 0.465 e. The molecular weight excluding hydrogens is 286 g/mol. The maximum absolute atomic E-state index is 11.1. The van der Waals surface area contributed by atoms with Gasteiger partial charge < -0.3 is 10.4 Å². The molecule has 3 rings (SSSR count). The normalized spacial score (nSPS) is 23.5. The van der Waals surface area contributed by atoms with E-state index in [0.29, 0.717) is 5.92 Å². The van der Waals surface area contributed by atoms with Crippen molar-refractivity contribution in [3.05, 3.63) is 46.0 Å². The van der Waals surface area contributed by atoms with E-state index in [2.05, 4.69) is 44.8 Å². The van der Waals surface area contributed by atoms with E-state index in [1.807, 2.05) is 6.08 Å². The quantitative estimate of drug-likeness (QED) is 0.796. The fourth-order valence-corrected chi connectivity index (χ4v) is 3.87. The van der Waals surface area contributed by atoms with Crippen LogP contribution in [-0.2, 0) is 0 Å². The molecule has 3 nitrogen and oxygen atoms in total. The van der Waals surface area contributed by atoms with E-state index in [1.54, 1.807) is 0 Å². The monoisotopic (exact) mass is 311 g/mol. The third-order valence-corrected chi connectivity index (χ3v) is 5.25. The third kappa shape index (κ3) is 2.92. The number of hydrogen-bond acceptors (Lipinski definition) is 1. The summed E-state index contributed by atoms with van der Waals surface area (Å²) >= 11 is 0. The molecule has 2 aliphatic carbocycles. The summed E-state index contributed by atoms with van der Waals surface area (Å²) < 4.78 is 0. The minimum absolute atomic E-state index is 0.139. The molecule has 1 fully saturated rings. The lowest BCUT2D eigenvalue weighted by molar-refractivity contribution is 0.189. The second-order valence-electron chi connectivity index (χ2n) is 7.03. The van der Waals surface area contributed by atoms with Crippen molar-refractivity contribution in [3.8, 4) is 0 Å².